The van der Waals surface area contributed by atoms with Gasteiger partial charge in [0.25, 0.3) is 0 Å². The van der Waals surface area contributed by atoms with Gasteiger partial charge < -0.3 is 19.5 Å². The smallest absolute Gasteiger partial charge is 0.229 e. The first-order chi connectivity index (χ1) is 13.0. The van der Waals surface area contributed by atoms with E-state index in [2.05, 4.69) is 5.32 Å². The molecule has 0 radical (unpaired) electrons. The van der Waals surface area contributed by atoms with Crippen LogP contribution in [0.5, 0.6) is 11.5 Å². The number of benzene rings is 1. The van der Waals surface area contributed by atoms with Gasteiger partial charge in [-0.3, -0.25) is 19.3 Å². The fourth-order valence-corrected chi connectivity index (χ4v) is 2.79. The first kappa shape index (κ1) is 20.7. The van der Waals surface area contributed by atoms with Gasteiger partial charge in [0.05, 0.1) is 19.8 Å². The minimum atomic E-state index is -0.260. The average molecular weight is 378 g/mol. The summed E-state index contributed by atoms with van der Waals surface area (Å²) in [5, 5.41) is 2.87. The second-order valence-electron chi connectivity index (χ2n) is 6.23. The van der Waals surface area contributed by atoms with E-state index in [1.165, 1.54) is 0 Å². The molecule has 2 rings (SSSR count). The van der Waals surface area contributed by atoms with E-state index in [4.69, 9.17) is 14.2 Å². The van der Waals surface area contributed by atoms with E-state index in [9.17, 15) is 14.4 Å². The second-order valence-corrected chi connectivity index (χ2v) is 6.23. The van der Waals surface area contributed by atoms with Crippen molar-refractivity contribution in [1.29, 1.82) is 0 Å². The summed E-state index contributed by atoms with van der Waals surface area (Å²) in [4.78, 5) is 36.5. The summed E-state index contributed by atoms with van der Waals surface area (Å²) in [6.45, 7) is 2.85. The molecule has 1 aromatic rings. The van der Waals surface area contributed by atoms with Crippen molar-refractivity contribution in [3.05, 3.63) is 23.8 Å². The molecule has 0 spiro atoms. The third-order valence-corrected chi connectivity index (χ3v) is 4.33. The van der Waals surface area contributed by atoms with E-state index in [0.717, 1.165) is 10.5 Å². The Hall–Kier alpha value is -2.61. The van der Waals surface area contributed by atoms with Crippen LogP contribution in [0.25, 0.3) is 0 Å². The fraction of sp³-hybridized carbons (Fsp3) is 0.526. The lowest BCUT2D eigenvalue weighted by Crippen LogP contribution is -2.34. The summed E-state index contributed by atoms with van der Waals surface area (Å²) in [5.41, 5.74) is 0.854. The van der Waals surface area contributed by atoms with Crippen molar-refractivity contribution in [2.24, 2.45) is 0 Å². The van der Waals surface area contributed by atoms with Gasteiger partial charge in [-0.2, -0.15) is 0 Å². The molecule has 1 atom stereocenters. The molecule has 0 aliphatic carbocycles. The maximum Gasteiger partial charge on any atom is 0.229 e. The van der Waals surface area contributed by atoms with Gasteiger partial charge in [-0.15, -0.1) is 0 Å². The van der Waals surface area contributed by atoms with Crippen LogP contribution in [0.3, 0.4) is 0 Å². The SMILES string of the molecule is COCCOc1ccc(C(C)NC(=O)CCN2C(=O)CCC2=O)cc1OC. The van der Waals surface area contributed by atoms with Gasteiger partial charge in [0.15, 0.2) is 11.5 Å². The number of carbonyl (C=O) groups excluding carboxylic acids is 3. The van der Waals surface area contributed by atoms with Crippen LogP contribution in [-0.4, -0.2) is 56.6 Å². The second kappa shape index (κ2) is 9.91. The Morgan fingerprint density at radius 2 is 1.85 bits per heavy atom. The average Bonchev–Trinajstić information content (AvgIpc) is 2.98. The number of amides is 3. The highest BCUT2D eigenvalue weighted by molar-refractivity contribution is 6.02. The molecule has 0 aromatic heterocycles. The Bertz CT molecular complexity index is 675. The van der Waals surface area contributed by atoms with E-state index >= 15 is 0 Å². The molecule has 0 saturated carbocycles. The number of nitrogens with one attached hydrogen (secondary N) is 1. The zero-order chi connectivity index (χ0) is 19.8. The minimum Gasteiger partial charge on any atom is -0.493 e. The maximum atomic E-state index is 12.2. The molecule has 27 heavy (non-hydrogen) atoms. The van der Waals surface area contributed by atoms with Gasteiger partial charge in [-0.25, -0.2) is 0 Å². The van der Waals surface area contributed by atoms with Gasteiger partial charge >= 0.3 is 0 Å². The van der Waals surface area contributed by atoms with Crippen molar-refractivity contribution in [3.63, 3.8) is 0 Å². The van der Waals surface area contributed by atoms with Crippen molar-refractivity contribution >= 4 is 17.7 Å². The van der Waals surface area contributed by atoms with Crippen LogP contribution < -0.4 is 14.8 Å². The molecular formula is C19H26N2O6. The monoisotopic (exact) mass is 378 g/mol. The molecule has 1 aliphatic heterocycles. The number of nitrogens with zero attached hydrogens (tertiary/aromatic N) is 1. The van der Waals surface area contributed by atoms with E-state index in [-0.39, 0.29) is 49.6 Å². The third kappa shape index (κ3) is 5.68. The van der Waals surface area contributed by atoms with Gasteiger partial charge in [0.2, 0.25) is 17.7 Å². The lowest BCUT2D eigenvalue weighted by atomic mass is 10.1. The summed E-state index contributed by atoms with van der Waals surface area (Å²) in [7, 11) is 3.15. The molecule has 1 fully saturated rings. The molecule has 8 heteroatoms. The highest BCUT2D eigenvalue weighted by Crippen LogP contribution is 2.30. The number of rotatable bonds is 10. The number of imide groups is 1. The molecule has 1 heterocycles. The van der Waals surface area contributed by atoms with Crippen LogP contribution >= 0.6 is 0 Å². The summed E-state index contributed by atoms with van der Waals surface area (Å²) in [6.07, 6.45) is 0.544. The first-order valence-electron chi connectivity index (χ1n) is 8.88. The minimum absolute atomic E-state index is 0.0805. The summed E-state index contributed by atoms with van der Waals surface area (Å²) in [5.74, 6) is 0.513. The predicted octanol–water partition coefficient (Wildman–Crippen LogP) is 1.44. The molecule has 1 aliphatic rings. The highest BCUT2D eigenvalue weighted by Gasteiger charge is 2.28. The molecule has 1 aromatic carbocycles. The molecule has 1 saturated heterocycles. The fourth-order valence-electron chi connectivity index (χ4n) is 2.79. The zero-order valence-corrected chi connectivity index (χ0v) is 15.9. The maximum absolute atomic E-state index is 12.2. The van der Waals surface area contributed by atoms with Crippen molar-refractivity contribution < 1.29 is 28.6 Å². The molecule has 1 unspecified atom stereocenters. The number of likely N-dealkylation sites (tertiary alicyclic amines) is 1. The molecule has 148 valence electrons. The van der Waals surface area contributed by atoms with Crippen molar-refractivity contribution in [1.82, 2.24) is 10.2 Å². The van der Waals surface area contributed by atoms with Crippen LogP contribution in [0.1, 0.15) is 37.8 Å². The van der Waals surface area contributed by atoms with Crippen LogP contribution in [0.4, 0.5) is 0 Å². The molecular weight excluding hydrogens is 352 g/mol. The summed E-state index contributed by atoms with van der Waals surface area (Å²) >= 11 is 0. The lowest BCUT2D eigenvalue weighted by molar-refractivity contribution is -0.138. The van der Waals surface area contributed by atoms with Crippen molar-refractivity contribution in [2.75, 3.05) is 34.0 Å². The highest BCUT2D eigenvalue weighted by atomic mass is 16.5. The Labute approximate surface area is 158 Å². The van der Waals surface area contributed by atoms with Gasteiger partial charge in [-0.1, -0.05) is 6.07 Å². The molecule has 3 amide bonds. The Morgan fingerprint density at radius 3 is 2.48 bits per heavy atom. The Morgan fingerprint density at radius 1 is 1.15 bits per heavy atom. The topological polar surface area (TPSA) is 94.2 Å². The standard InChI is InChI=1S/C19H26N2O6/c1-13(20-17(22)8-9-21-18(23)6-7-19(21)24)14-4-5-15(16(12-14)26-3)27-11-10-25-2/h4-5,12-13H,6-11H2,1-3H3,(H,20,22). The number of ether oxygens (including phenoxy) is 3. The van der Waals surface area contributed by atoms with Crippen LogP contribution in [0, 0.1) is 0 Å². The normalized spacial score (nSPS) is 15.0. The largest absolute Gasteiger partial charge is 0.493 e. The Kier molecular flexibility index (Phi) is 7.60. The predicted molar refractivity (Wildman–Crippen MR) is 97.5 cm³/mol. The quantitative estimate of drug-likeness (QED) is 0.489. The van der Waals surface area contributed by atoms with Crippen LogP contribution in [-0.2, 0) is 19.1 Å². The van der Waals surface area contributed by atoms with Crippen molar-refractivity contribution in [2.45, 2.75) is 32.2 Å². The van der Waals surface area contributed by atoms with Gasteiger partial charge in [0, 0.05) is 32.9 Å². The van der Waals surface area contributed by atoms with Gasteiger partial charge in [0.1, 0.15) is 6.61 Å². The summed E-state index contributed by atoms with van der Waals surface area (Å²) in [6, 6.07) is 5.18. The number of hydrogen-bond donors (Lipinski definition) is 1. The van der Waals surface area contributed by atoms with E-state index in [0.29, 0.717) is 24.7 Å². The van der Waals surface area contributed by atoms with Gasteiger partial charge in [-0.05, 0) is 24.6 Å². The van der Waals surface area contributed by atoms with Crippen LogP contribution in [0.15, 0.2) is 18.2 Å². The number of carbonyl (C=O) groups is 3. The molecule has 8 nitrogen and oxygen atoms in total. The number of hydrogen-bond acceptors (Lipinski definition) is 6. The third-order valence-electron chi connectivity index (χ3n) is 4.33. The van der Waals surface area contributed by atoms with E-state index in [1.54, 1.807) is 26.4 Å². The molecule has 0 bridgehead atoms. The number of methoxy groups -OCH3 is 2. The first-order valence-corrected chi connectivity index (χ1v) is 8.88. The van der Waals surface area contributed by atoms with Crippen molar-refractivity contribution in [3.8, 4) is 11.5 Å². The Balaban J connectivity index is 1.90. The molecule has 1 N–H and O–H groups in total. The summed E-state index contributed by atoms with van der Waals surface area (Å²) < 4.78 is 15.9. The van der Waals surface area contributed by atoms with E-state index in [1.807, 2.05) is 13.0 Å². The van der Waals surface area contributed by atoms with Crippen LogP contribution in [0.2, 0.25) is 0 Å². The zero-order valence-electron chi connectivity index (χ0n) is 15.9. The lowest BCUT2D eigenvalue weighted by Gasteiger charge is -2.18. The van der Waals surface area contributed by atoms with E-state index < -0.39 is 0 Å².